The average molecular weight is 229 g/mol. The van der Waals surface area contributed by atoms with Crippen LogP contribution in [0.25, 0.3) is 0 Å². The van der Waals surface area contributed by atoms with E-state index in [0.29, 0.717) is 0 Å². The number of aryl methyl sites for hydroxylation is 2. The van der Waals surface area contributed by atoms with Gasteiger partial charge in [0.1, 0.15) is 11.6 Å². The summed E-state index contributed by atoms with van der Waals surface area (Å²) in [6, 6.07) is 2.05. The third-order valence-corrected chi connectivity index (χ3v) is 2.39. The molecule has 2 rings (SSSR count). The minimum atomic E-state index is 0. The van der Waals surface area contributed by atoms with E-state index in [-0.39, 0.29) is 12.4 Å². The Kier molecular flexibility index (Phi) is 4.29. The van der Waals surface area contributed by atoms with Gasteiger partial charge in [-0.25, -0.2) is 9.97 Å². The monoisotopic (exact) mass is 228 g/mol. The van der Waals surface area contributed by atoms with Gasteiger partial charge in [-0.15, -0.1) is 12.4 Å². The van der Waals surface area contributed by atoms with E-state index < -0.39 is 0 Å². The number of rotatable bonds is 1. The van der Waals surface area contributed by atoms with Gasteiger partial charge in [-0.05, 0) is 13.8 Å². The van der Waals surface area contributed by atoms with Crippen LogP contribution in [-0.4, -0.2) is 36.1 Å². The maximum absolute atomic E-state index is 4.44. The molecule has 84 valence electrons. The fraction of sp³-hybridized carbons (Fsp3) is 0.600. The maximum Gasteiger partial charge on any atom is 0.132 e. The van der Waals surface area contributed by atoms with Crippen LogP contribution < -0.4 is 10.2 Å². The number of nitrogens with one attached hydrogen (secondary N) is 1. The molecule has 0 bridgehead atoms. The highest BCUT2D eigenvalue weighted by atomic mass is 35.5. The van der Waals surface area contributed by atoms with Crippen LogP contribution in [0.2, 0.25) is 0 Å². The molecule has 15 heavy (non-hydrogen) atoms. The molecular weight excluding hydrogens is 212 g/mol. The lowest BCUT2D eigenvalue weighted by atomic mass is 10.3. The van der Waals surface area contributed by atoms with Crippen molar-refractivity contribution in [3.63, 3.8) is 0 Å². The van der Waals surface area contributed by atoms with Crippen LogP contribution in [0, 0.1) is 13.8 Å². The Morgan fingerprint density at radius 1 is 1.20 bits per heavy atom. The molecule has 0 radical (unpaired) electrons. The summed E-state index contributed by atoms with van der Waals surface area (Å²) in [4.78, 5) is 11.0. The van der Waals surface area contributed by atoms with Crippen LogP contribution in [0.4, 0.5) is 5.82 Å². The highest BCUT2D eigenvalue weighted by molar-refractivity contribution is 5.85. The van der Waals surface area contributed by atoms with Gasteiger partial charge in [0.05, 0.1) is 0 Å². The van der Waals surface area contributed by atoms with Crippen LogP contribution in [0.15, 0.2) is 6.07 Å². The largest absolute Gasteiger partial charge is 0.354 e. The number of hydrogen-bond acceptors (Lipinski definition) is 4. The zero-order valence-corrected chi connectivity index (χ0v) is 9.97. The fourth-order valence-corrected chi connectivity index (χ4v) is 1.75. The molecule has 0 aliphatic carbocycles. The second kappa shape index (κ2) is 5.28. The Morgan fingerprint density at radius 2 is 1.87 bits per heavy atom. The van der Waals surface area contributed by atoms with Crippen molar-refractivity contribution < 1.29 is 0 Å². The molecule has 2 heterocycles. The van der Waals surface area contributed by atoms with E-state index in [9.17, 15) is 0 Å². The molecule has 1 aliphatic rings. The van der Waals surface area contributed by atoms with E-state index in [1.807, 2.05) is 13.8 Å². The molecule has 0 aromatic carbocycles. The van der Waals surface area contributed by atoms with Crippen molar-refractivity contribution in [2.75, 3.05) is 31.1 Å². The van der Waals surface area contributed by atoms with Crippen molar-refractivity contribution in [3.05, 3.63) is 17.6 Å². The van der Waals surface area contributed by atoms with Crippen molar-refractivity contribution in [2.24, 2.45) is 0 Å². The van der Waals surface area contributed by atoms with Gasteiger partial charge < -0.3 is 10.2 Å². The zero-order chi connectivity index (χ0) is 9.97. The van der Waals surface area contributed by atoms with Crippen LogP contribution in [-0.2, 0) is 0 Å². The summed E-state index contributed by atoms with van der Waals surface area (Å²) in [6.45, 7) is 8.12. The lowest BCUT2D eigenvalue weighted by Gasteiger charge is -2.28. The maximum atomic E-state index is 4.44. The van der Waals surface area contributed by atoms with Gasteiger partial charge in [0, 0.05) is 37.9 Å². The Balaban J connectivity index is 0.00000112. The highest BCUT2D eigenvalue weighted by Crippen LogP contribution is 2.12. The van der Waals surface area contributed by atoms with Crippen LogP contribution in [0.5, 0.6) is 0 Å². The van der Waals surface area contributed by atoms with Gasteiger partial charge in [-0.2, -0.15) is 0 Å². The van der Waals surface area contributed by atoms with E-state index in [1.54, 1.807) is 0 Å². The molecule has 1 fully saturated rings. The number of nitrogens with zero attached hydrogens (tertiary/aromatic N) is 3. The lowest BCUT2D eigenvalue weighted by Crippen LogP contribution is -2.44. The average Bonchev–Trinajstić information content (AvgIpc) is 2.18. The summed E-state index contributed by atoms with van der Waals surface area (Å²) < 4.78 is 0. The summed E-state index contributed by atoms with van der Waals surface area (Å²) >= 11 is 0. The van der Waals surface area contributed by atoms with Gasteiger partial charge >= 0.3 is 0 Å². The Morgan fingerprint density at radius 3 is 2.47 bits per heavy atom. The summed E-state index contributed by atoms with van der Waals surface area (Å²) in [5, 5.41) is 3.33. The summed E-state index contributed by atoms with van der Waals surface area (Å²) in [5.41, 5.74) is 1.05. The van der Waals surface area contributed by atoms with E-state index in [0.717, 1.165) is 43.5 Å². The molecule has 1 saturated heterocycles. The van der Waals surface area contributed by atoms with Crippen LogP contribution in [0.3, 0.4) is 0 Å². The van der Waals surface area contributed by atoms with Crippen LogP contribution in [0.1, 0.15) is 11.5 Å². The van der Waals surface area contributed by atoms with E-state index in [1.165, 1.54) is 0 Å². The molecule has 1 aliphatic heterocycles. The number of aromatic nitrogens is 2. The number of anilines is 1. The molecule has 0 unspecified atom stereocenters. The van der Waals surface area contributed by atoms with Crippen molar-refractivity contribution in [2.45, 2.75) is 13.8 Å². The van der Waals surface area contributed by atoms with Crippen molar-refractivity contribution >= 4 is 18.2 Å². The SMILES string of the molecule is Cc1cc(N2CCNCC2)nc(C)n1.Cl. The molecule has 0 spiro atoms. The fourth-order valence-electron chi connectivity index (χ4n) is 1.75. The third-order valence-electron chi connectivity index (χ3n) is 2.39. The van der Waals surface area contributed by atoms with Gasteiger partial charge in [-0.1, -0.05) is 0 Å². The number of halogens is 1. The second-order valence-corrected chi connectivity index (χ2v) is 3.65. The van der Waals surface area contributed by atoms with E-state index in [2.05, 4.69) is 26.3 Å². The topological polar surface area (TPSA) is 41.0 Å². The lowest BCUT2D eigenvalue weighted by molar-refractivity contribution is 0.583. The predicted octanol–water partition coefficient (Wildman–Crippen LogP) is 0.925. The molecule has 1 aromatic heterocycles. The molecule has 1 aromatic rings. The van der Waals surface area contributed by atoms with Crippen molar-refractivity contribution in [1.29, 1.82) is 0 Å². The minimum Gasteiger partial charge on any atom is -0.354 e. The number of hydrogen-bond donors (Lipinski definition) is 1. The van der Waals surface area contributed by atoms with Gasteiger partial charge in [0.15, 0.2) is 0 Å². The minimum absolute atomic E-state index is 0. The molecule has 5 heteroatoms. The summed E-state index contributed by atoms with van der Waals surface area (Å²) in [6.07, 6.45) is 0. The molecule has 1 N–H and O–H groups in total. The molecule has 4 nitrogen and oxygen atoms in total. The third kappa shape index (κ3) is 3.04. The van der Waals surface area contributed by atoms with Crippen LogP contribution >= 0.6 is 12.4 Å². The Hall–Kier alpha value is -0.870. The van der Waals surface area contributed by atoms with Crippen molar-refractivity contribution in [1.82, 2.24) is 15.3 Å². The molecule has 0 amide bonds. The van der Waals surface area contributed by atoms with Crippen molar-refractivity contribution in [3.8, 4) is 0 Å². The first kappa shape index (κ1) is 12.2. The van der Waals surface area contributed by atoms with E-state index in [4.69, 9.17) is 0 Å². The van der Waals surface area contributed by atoms with Gasteiger partial charge in [-0.3, -0.25) is 0 Å². The first-order chi connectivity index (χ1) is 6.75. The summed E-state index contributed by atoms with van der Waals surface area (Å²) in [7, 11) is 0. The van der Waals surface area contributed by atoms with Gasteiger partial charge in [0.25, 0.3) is 0 Å². The number of piperazine rings is 1. The summed E-state index contributed by atoms with van der Waals surface area (Å²) in [5.74, 6) is 1.93. The first-order valence-electron chi connectivity index (χ1n) is 5.03. The molecule has 0 atom stereocenters. The standard InChI is InChI=1S/C10H16N4.ClH/c1-8-7-10(13-9(2)12-8)14-5-3-11-4-6-14;/h7,11H,3-6H2,1-2H3;1H. The predicted molar refractivity (Wildman–Crippen MR) is 63.8 cm³/mol. The molecular formula is C10H17ClN4. The Bertz CT molecular complexity index is 303. The quantitative estimate of drug-likeness (QED) is 0.777. The first-order valence-corrected chi connectivity index (χ1v) is 5.03. The van der Waals surface area contributed by atoms with E-state index >= 15 is 0 Å². The highest BCUT2D eigenvalue weighted by Gasteiger charge is 2.12. The zero-order valence-electron chi connectivity index (χ0n) is 9.16. The normalized spacial score (nSPS) is 16.0. The molecule has 0 saturated carbocycles. The Labute approximate surface area is 96.5 Å². The second-order valence-electron chi connectivity index (χ2n) is 3.65. The van der Waals surface area contributed by atoms with Gasteiger partial charge in [0.2, 0.25) is 0 Å². The smallest absolute Gasteiger partial charge is 0.132 e.